The van der Waals surface area contributed by atoms with Crippen molar-refractivity contribution in [1.29, 1.82) is 0 Å². The van der Waals surface area contributed by atoms with Crippen LogP contribution in [0.15, 0.2) is 0 Å². The van der Waals surface area contributed by atoms with E-state index in [9.17, 15) is 5.11 Å². The summed E-state index contributed by atoms with van der Waals surface area (Å²) >= 11 is 0. The summed E-state index contributed by atoms with van der Waals surface area (Å²) in [6.07, 6.45) is 6.27. The Hall–Kier alpha value is -0.120. The number of hydrogen-bond donors (Lipinski definition) is 1. The molecule has 1 aliphatic rings. The van der Waals surface area contributed by atoms with E-state index in [4.69, 9.17) is 4.74 Å². The molecule has 0 atom stereocenters. The minimum Gasteiger partial charge on any atom is -0.396 e. The first-order valence-corrected chi connectivity index (χ1v) is 6.58. The Morgan fingerprint density at radius 1 is 1.25 bits per heavy atom. The van der Waals surface area contributed by atoms with Crippen LogP contribution in [-0.2, 0) is 4.74 Å². The molecule has 1 N–H and O–H groups in total. The van der Waals surface area contributed by atoms with Gasteiger partial charge in [-0.3, -0.25) is 0 Å². The highest BCUT2D eigenvalue weighted by molar-refractivity contribution is 4.85. The number of aliphatic hydroxyl groups is 1. The molecular formula is C13H27NO2. The molecule has 0 aromatic carbocycles. The molecular weight excluding hydrogens is 202 g/mol. The Bertz CT molecular complexity index is 179. The lowest BCUT2D eigenvalue weighted by molar-refractivity contribution is 0.0335. The predicted molar refractivity (Wildman–Crippen MR) is 66.6 cm³/mol. The number of likely N-dealkylation sites (N-methyl/N-ethyl adjacent to an activating group) is 1. The Morgan fingerprint density at radius 2 is 1.94 bits per heavy atom. The van der Waals surface area contributed by atoms with E-state index >= 15 is 0 Å². The molecule has 0 radical (unpaired) electrons. The van der Waals surface area contributed by atoms with Crippen LogP contribution in [0.5, 0.6) is 0 Å². The van der Waals surface area contributed by atoms with Gasteiger partial charge < -0.3 is 14.7 Å². The maximum atomic E-state index is 9.65. The van der Waals surface area contributed by atoms with E-state index in [0.717, 1.165) is 26.2 Å². The Morgan fingerprint density at radius 3 is 2.44 bits per heavy atom. The zero-order chi connectivity index (χ0) is 11.9. The van der Waals surface area contributed by atoms with Crippen molar-refractivity contribution in [3.8, 4) is 0 Å². The number of ether oxygens (including phenoxy) is 1. The van der Waals surface area contributed by atoms with Crippen LogP contribution < -0.4 is 0 Å². The summed E-state index contributed by atoms with van der Waals surface area (Å²) in [6, 6.07) is 0. The number of nitrogens with zero attached hydrogens (tertiary/aromatic N) is 1. The van der Waals surface area contributed by atoms with Crippen molar-refractivity contribution in [2.24, 2.45) is 5.41 Å². The maximum Gasteiger partial charge on any atom is 0.0589 e. The highest BCUT2D eigenvalue weighted by atomic mass is 16.5. The molecule has 1 saturated carbocycles. The van der Waals surface area contributed by atoms with E-state index in [0.29, 0.717) is 6.61 Å². The summed E-state index contributed by atoms with van der Waals surface area (Å²) in [5.41, 5.74) is 0.169. The number of aliphatic hydroxyl groups excluding tert-OH is 1. The van der Waals surface area contributed by atoms with Crippen molar-refractivity contribution in [3.05, 3.63) is 0 Å². The first-order chi connectivity index (χ1) is 7.76. The van der Waals surface area contributed by atoms with Crippen LogP contribution in [0.3, 0.4) is 0 Å². The van der Waals surface area contributed by atoms with E-state index in [-0.39, 0.29) is 5.41 Å². The van der Waals surface area contributed by atoms with E-state index in [2.05, 4.69) is 11.8 Å². The SMILES string of the molecule is CCN(CCOC)CC1(CO)CCCCC1. The number of hydrogen-bond acceptors (Lipinski definition) is 3. The molecule has 1 fully saturated rings. The third-order valence-electron chi connectivity index (χ3n) is 3.87. The standard InChI is InChI=1S/C13H27NO2/c1-3-14(9-10-16-2)11-13(12-15)7-5-4-6-8-13/h15H,3-12H2,1-2H3. The molecule has 0 saturated heterocycles. The fourth-order valence-corrected chi connectivity index (χ4v) is 2.71. The van der Waals surface area contributed by atoms with Gasteiger partial charge in [0.15, 0.2) is 0 Å². The molecule has 0 heterocycles. The van der Waals surface area contributed by atoms with Crippen LogP contribution in [0.25, 0.3) is 0 Å². The van der Waals surface area contributed by atoms with Crippen LogP contribution in [0.1, 0.15) is 39.0 Å². The molecule has 16 heavy (non-hydrogen) atoms. The van der Waals surface area contributed by atoms with Gasteiger partial charge >= 0.3 is 0 Å². The van der Waals surface area contributed by atoms with Crippen molar-refractivity contribution in [2.75, 3.05) is 40.0 Å². The summed E-state index contributed by atoms with van der Waals surface area (Å²) in [5.74, 6) is 0. The molecule has 3 nitrogen and oxygen atoms in total. The Balaban J connectivity index is 2.45. The maximum absolute atomic E-state index is 9.65. The van der Waals surface area contributed by atoms with E-state index in [1.54, 1.807) is 7.11 Å². The Labute approximate surface area is 99.8 Å². The molecule has 0 bridgehead atoms. The highest BCUT2D eigenvalue weighted by Crippen LogP contribution is 2.36. The van der Waals surface area contributed by atoms with E-state index < -0.39 is 0 Å². The third-order valence-corrected chi connectivity index (χ3v) is 3.87. The topological polar surface area (TPSA) is 32.7 Å². The molecule has 0 spiro atoms. The van der Waals surface area contributed by atoms with Crippen molar-refractivity contribution in [2.45, 2.75) is 39.0 Å². The quantitative estimate of drug-likeness (QED) is 0.723. The molecule has 0 amide bonds. The average molecular weight is 229 g/mol. The second kappa shape index (κ2) is 7.25. The minimum atomic E-state index is 0.169. The second-order valence-electron chi connectivity index (χ2n) is 5.08. The van der Waals surface area contributed by atoms with Crippen LogP contribution in [-0.4, -0.2) is 50.0 Å². The molecule has 0 unspecified atom stereocenters. The van der Waals surface area contributed by atoms with Gasteiger partial charge in [-0.25, -0.2) is 0 Å². The Kier molecular flexibility index (Phi) is 6.32. The lowest BCUT2D eigenvalue weighted by Crippen LogP contribution is -2.42. The predicted octanol–water partition coefficient (Wildman–Crippen LogP) is 1.90. The minimum absolute atomic E-state index is 0.169. The summed E-state index contributed by atoms with van der Waals surface area (Å²) in [7, 11) is 1.75. The molecule has 0 aromatic rings. The third kappa shape index (κ3) is 4.04. The molecule has 3 heteroatoms. The second-order valence-corrected chi connectivity index (χ2v) is 5.08. The van der Waals surface area contributed by atoms with Crippen molar-refractivity contribution in [1.82, 2.24) is 4.90 Å². The van der Waals surface area contributed by atoms with Crippen LogP contribution >= 0.6 is 0 Å². The summed E-state index contributed by atoms with van der Waals surface area (Å²) in [6.45, 7) is 6.37. The lowest BCUT2D eigenvalue weighted by Gasteiger charge is -2.39. The van der Waals surface area contributed by atoms with Gasteiger partial charge in [-0.05, 0) is 19.4 Å². The van der Waals surface area contributed by atoms with E-state index in [1.807, 2.05) is 0 Å². The zero-order valence-electron chi connectivity index (χ0n) is 10.9. The summed E-state index contributed by atoms with van der Waals surface area (Å²) in [5, 5.41) is 9.65. The molecule has 1 rings (SSSR count). The van der Waals surface area contributed by atoms with Gasteiger partial charge in [-0.1, -0.05) is 26.2 Å². The molecule has 96 valence electrons. The summed E-state index contributed by atoms with van der Waals surface area (Å²) in [4.78, 5) is 2.41. The largest absolute Gasteiger partial charge is 0.396 e. The number of methoxy groups -OCH3 is 1. The fraction of sp³-hybridized carbons (Fsp3) is 1.00. The first kappa shape index (κ1) is 13.9. The smallest absolute Gasteiger partial charge is 0.0589 e. The monoisotopic (exact) mass is 229 g/mol. The molecule has 0 aliphatic heterocycles. The zero-order valence-corrected chi connectivity index (χ0v) is 10.9. The van der Waals surface area contributed by atoms with Crippen LogP contribution in [0.2, 0.25) is 0 Å². The van der Waals surface area contributed by atoms with Gasteiger partial charge in [0.25, 0.3) is 0 Å². The molecule has 1 aliphatic carbocycles. The van der Waals surface area contributed by atoms with Crippen molar-refractivity contribution < 1.29 is 9.84 Å². The normalized spacial score (nSPS) is 20.2. The fourth-order valence-electron chi connectivity index (χ4n) is 2.71. The van der Waals surface area contributed by atoms with Crippen molar-refractivity contribution >= 4 is 0 Å². The van der Waals surface area contributed by atoms with Crippen molar-refractivity contribution in [3.63, 3.8) is 0 Å². The van der Waals surface area contributed by atoms with Gasteiger partial charge in [-0.2, -0.15) is 0 Å². The average Bonchev–Trinajstić information content (AvgIpc) is 2.35. The summed E-state index contributed by atoms with van der Waals surface area (Å²) < 4.78 is 5.13. The van der Waals surface area contributed by atoms with Gasteiger partial charge in [0.2, 0.25) is 0 Å². The first-order valence-electron chi connectivity index (χ1n) is 6.58. The molecule has 0 aromatic heterocycles. The van der Waals surface area contributed by atoms with Gasteiger partial charge in [0, 0.05) is 32.2 Å². The lowest BCUT2D eigenvalue weighted by atomic mass is 9.74. The van der Waals surface area contributed by atoms with Gasteiger partial charge in [0.05, 0.1) is 6.61 Å². The van der Waals surface area contributed by atoms with Gasteiger partial charge in [0.1, 0.15) is 0 Å². The van der Waals surface area contributed by atoms with Crippen LogP contribution in [0, 0.1) is 5.41 Å². The highest BCUT2D eigenvalue weighted by Gasteiger charge is 2.32. The van der Waals surface area contributed by atoms with Gasteiger partial charge in [-0.15, -0.1) is 0 Å². The number of rotatable bonds is 7. The van der Waals surface area contributed by atoms with Crippen LogP contribution in [0.4, 0.5) is 0 Å². The van der Waals surface area contributed by atoms with E-state index in [1.165, 1.54) is 32.1 Å².